The van der Waals surface area contributed by atoms with Crippen molar-refractivity contribution in [1.82, 2.24) is 9.58 Å². The van der Waals surface area contributed by atoms with E-state index in [9.17, 15) is 4.79 Å². The molecule has 6 nitrogen and oxygen atoms in total. The molecular formula is C21H21N5OS. The molecule has 2 aromatic rings. The first-order valence-corrected chi connectivity index (χ1v) is 9.81. The van der Waals surface area contributed by atoms with Crippen molar-refractivity contribution in [3.63, 3.8) is 0 Å². The summed E-state index contributed by atoms with van der Waals surface area (Å²) in [6, 6.07) is 8.41. The van der Waals surface area contributed by atoms with Gasteiger partial charge in [-0.1, -0.05) is 17.7 Å². The maximum absolute atomic E-state index is 12.5. The predicted octanol–water partition coefficient (Wildman–Crippen LogP) is 4.35. The normalized spacial score (nSPS) is 17.9. The highest BCUT2D eigenvalue weighted by molar-refractivity contribution is 8.26. The topological polar surface area (TPSA) is 73.8 Å². The Morgan fingerprint density at radius 1 is 1.11 bits per heavy atom. The monoisotopic (exact) mass is 391 g/mol. The molecule has 4 rings (SSSR count). The third-order valence-corrected chi connectivity index (χ3v) is 5.74. The molecule has 0 spiro atoms. The van der Waals surface area contributed by atoms with Crippen molar-refractivity contribution >= 4 is 39.8 Å². The highest BCUT2D eigenvalue weighted by Gasteiger charge is 2.34. The van der Waals surface area contributed by atoms with E-state index < -0.39 is 5.91 Å². The van der Waals surface area contributed by atoms with Crippen LogP contribution in [0.15, 0.2) is 39.9 Å². The summed E-state index contributed by atoms with van der Waals surface area (Å²) in [6.07, 6.45) is 1.75. The summed E-state index contributed by atoms with van der Waals surface area (Å²) in [4.78, 5) is 16.6. The number of hydrogen-bond acceptors (Lipinski definition) is 4. The van der Waals surface area contributed by atoms with Crippen LogP contribution in [0, 0.1) is 33.1 Å². The average molecular weight is 392 g/mol. The van der Waals surface area contributed by atoms with Crippen molar-refractivity contribution < 1.29 is 4.79 Å². The van der Waals surface area contributed by atoms with Crippen molar-refractivity contribution in [2.24, 2.45) is 10.1 Å². The van der Waals surface area contributed by atoms with E-state index in [0.717, 1.165) is 27.7 Å². The van der Waals surface area contributed by atoms with Gasteiger partial charge in [0, 0.05) is 17.1 Å². The molecule has 2 aliphatic heterocycles. The second-order valence-electron chi connectivity index (χ2n) is 7.09. The Morgan fingerprint density at radius 2 is 1.86 bits per heavy atom. The molecule has 0 unspecified atom stereocenters. The van der Waals surface area contributed by atoms with Gasteiger partial charge in [0.2, 0.25) is 5.17 Å². The molecule has 1 aromatic heterocycles. The summed E-state index contributed by atoms with van der Waals surface area (Å²) in [7, 11) is 0. The molecule has 2 aliphatic rings. The first kappa shape index (κ1) is 18.4. The number of amidine groups is 2. The van der Waals surface area contributed by atoms with Gasteiger partial charge in [-0.05, 0) is 75.7 Å². The van der Waals surface area contributed by atoms with Crippen LogP contribution in [0.5, 0.6) is 0 Å². The maximum Gasteiger partial charge on any atom is 0.283 e. The number of nitrogens with zero attached hydrogens (tertiary/aromatic N) is 4. The Morgan fingerprint density at radius 3 is 2.57 bits per heavy atom. The molecule has 1 N–H and O–H groups in total. The zero-order chi connectivity index (χ0) is 20.2. The van der Waals surface area contributed by atoms with Crippen LogP contribution in [-0.4, -0.2) is 31.5 Å². The third kappa shape index (κ3) is 2.92. The number of rotatable bonds is 2. The Bertz CT molecular complexity index is 1140. The van der Waals surface area contributed by atoms with Gasteiger partial charge in [-0.15, -0.1) is 0 Å². The van der Waals surface area contributed by atoms with Crippen LogP contribution >= 0.6 is 11.8 Å². The number of benzene rings is 1. The summed E-state index contributed by atoms with van der Waals surface area (Å²) in [5.74, 6) is -0.333. The van der Waals surface area contributed by atoms with E-state index in [1.54, 1.807) is 6.08 Å². The molecule has 28 heavy (non-hydrogen) atoms. The zero-order valence-electron chi connectivity index (χ0n) is 16.5. The molecule has 0 saturated heterocycles. The maximum atomic E-state index is 12.5. The van der Waals surface area contributed by atoms with Crippen LogP contribution in [0.4, 0.5) is 0 Å². The number of thioether (sulfide) groups is 1. The molecule has 0 bridgehead atoms. The number of carbonyl (C=O) groups excluding carboxylic acids is 1. The van der Waals surface area contributed by atoms with E-state index in [0.29, 0.717) is 5.17 Å². The number of fused-ring (bicyclic) bond motifs is 1. The lowest BCUT2D eigenvalue weighted by atomic mass is 10.1. The quantitative estimate of drug-likeness (QED) is 0.774. The minimum Gasteiger partial charge on any atom is -0.318 e. The fourth-order valence-electron chi connectivity index (χ4n) is 3.60. The van der Waals surface area contributed by atoms with Crippen LogP contribution < -0.4 is 0 Å². The van der Waals surface area contributed by atoms with Crippen LogP contribution in [0.3, 0.4) is 0 Å². The van der Waals surface area contributed by atoms with Gasteiger partial charge in [0.1, 0.15) is 0 Å². The molecule has 0 fully saturated rings. The van der Waals surface area contributed by atoms with Gasteiger partial charge in [0.15, 0.2) is 5.84 Å². The van der Waals surface area contributed by atoms with Crippen LogP contribution in [0.25, 0.3) is 11.8 Å². The second kappa shape index (κ2) is 6.60. The lowest BCUT2D eigenvalue weighted by molar-refractivity contribution is -0.114. The first-order chi connectivity index (χ1) is 13.3. The number of nitrogens with one attached hydrogen (secondary N) is 1. The summed E-state index contributed by atoms with van der Waals surface area (Å²) in [5, 5.41) is 15.4. The minimum absolute atomic E-state index is 0.0654. The Balaban J connectivity index is 1.79. The van der Waals surface area contributed by atoms with Gasteiger partial charge in [-0.25, -0.2) is 0 Å². The van der Waals surface area contributed by atoms with Crippen LogP contribution in [0.2, 0.25) is 0 Å². The van der Waals surface area contributed by atoms with Gasteiger partial charge >= 0.3 is 0 Å². The summed E-state index contributed by atoms with van der Waals surface area (Å²) < 4.78 is 2.18. The highest BCUT2D eigenvalue weighted by atomic mass is 32.2. The molecule has 3 heterocycles. The van der Waals surface area contributed by atoms with E-state index in [1.807, 2.05) is 26.8 Å². The molecule has 1 aromatic carbocycles. The number of aromatic nitrogens is 1. The Kier molecular flexibility index (Phi) is 4.34. The number of hydrazone groups is 1. The number of hydrogen-bond donors (Lipinski definition) is 1. The van der Waals surface area contributed by atoms with Crippen molar-refractivity contribution in [3.8, 4) is 5.69 Å². The Labute approximate surface area is 168 Å². The number of aliphatic imine (C=N–C) groups is 1. The molecule has 0 atom stereocenters. The second-order valence-corrected chi connectivity index (χ2v) is 8.25. The smallest absolute Gasteiger partial charge is 0.283 e. The third-order valence-electron chi connectivity index (χ3n) is 4.92. The minimum atomic E-state index is -0.398. The zero-order valence-corrected chi connectivity index (χ0v) is 17.3. The molecule has 0 aliphatic carbocycles. The molecular weight excluding hydrogens is 370 g/mol. The number of carbonyl (C=O) groups is 1. The van der Waals surface area contributed by atoms with Gasteiger partial charge in [0.05, 0.1) is 10.6 Å². The van der Waals surface area contributed by atoms with Gasteiger partial charge in [0.25, 0.3) is 5.91 Å². The number of amides is 1. The van der Waals surface area contributed by atoms with Crippen molar-refractivity contribution in [2.45, 2.75) is 34.6 Å². The largest absolute Gasteiger partial charge is 0.318 e. The van der Waals surface area contributed by atoms with E-state index >= 15 is 0 Å². The molecule has 142 valence electrons. The summed E-state index contributed by atoms with van der Waals surface area (Å²) in [6.45, 7) is 10.1. The van der Waals surface area contributed by atoms with Crippen molar-refractivity contribution in [2.75, 3.05) is 0 Å². The fraction of sp³-hybridized carbons (Fsp3) is 0.238. The highest BCUT2D eigenvalue weighted by Crippen LogP contribution is 2.30. The van der Waals surface area contributed by atoms with E-state index in [2.05, 4.69) is 46.7 Å². The molecule has 0 radical (unpaired) electrons. The lowest BCUT2D eigenvalue weighted by Gasteiger charge is -2.20. The van der Waals surface area contributed by atoms with E-state index in [1.165, 1.54) is 27.9 Å². The average Bonchev–Trinajstić information content (AvgIpc) is 3.12. The summed E-state index contributed by atoms with van der Waals surface area (Å²) in [5.41, 5.74) is 6.77. The molecule has 0 saturated carbocycles. The van der Waals surface area contributed by atoms with E-state index in [-0.39, 0.29) is 11.4 Å². The van der Waals surface area contributed by atoms with E-state index in [4.69, 9.17) is 5.41 Å². The molecule has 7 heteroatoms. The summed E-state index contributed by atoms with van der Waals surface area (Å²) >= 11 is 1.31. The lowest BCUT2D eigenvalue weighted by Crippen LogP contribution is -2.35. The number of aryl methyl sites for hydroxylation is 3. The standard InChI is InChI=1S/C21H21N5OS/c1-11-6-7-18(12(2)8-11)25-13(3)9-16(14(25)4)10-17-19(22)26-21(23-20(17)27)28-15(5)24-26/h6-10,22H,1-5H3/b17-10-,22-19?. The van der Waals surface area contributed by atoms with Crippen molar-refractivity contribution in [1.29, 1.82) is 5.41 Å². The van der Waals surface area contributed by atoms with Crippen LogP contribution in [-0.2, 0) is 4.79 Å². The van der Waals surface area contributed by atoms with Gasteiger partial charge in [-0.3, -0.25) is 10.2 Å². The van der Waals surface area contributed by atoms with Gasteiger partial charge in [-0.2, -0.15) is 15.1 Å². The SMILES string of the molecule is CC1=NN2C(=N)/C(=C/c3cc(C)n(-c4ccc(C)cc4C)c3C)C(=O)N=C2S1. The Hall–Kier alpha value is -2.93. The van der Waals surface area contributed by atoms with Crippen molar-refractivity contribution in [3.05, 3.63) is 57.9 Å². The predicted molar refractivity (Wildman–Crippen MR) is 115 cm³/mol. The fourth-order valence-corrected chi connectivity index (χ4v) is 4.34. The van der Waals surface area contributed by atoms with Crippen LogP contribution in [0.1, 0.15) is 35.0 Å². The first-order valence-electron chi connectivity index (χ1n) is 8.99. The molecule has 1 amide bonds. The van der Waals surface area contributed by atoms with Gasteiger partial charge < -0.3 is 4.57 Å².